The van der Waals surface area contributed by atoms with Crippen LogP contribution in [0.4, 0.5) is 11.6 Å². The lowest BCUT2D eigenvalue weighted by atomic mass is 10.1. The second-order valence-electron chi connectivity index (χ2n) is 10.1. The number of pyridine rings is 4. The van der Waals surface area contributed by atoms with Gasteiger partial charge >= 0.3 is 0 Å². The number of anilines is 2. The summed E-state index contributed by atoms with van der Waals surface area (Å²) in [6.07, 6.45) is 7.77. The van der Waals surface area contributed by atoms with Gasteiger partial charge in [-0.15, -0.1) is 0 Å². The Labute approximate surface area is 271 Å². The van der Waals surface area contributed by atoms with Gasteiger partial charge in [0.2, 0.25) is 11.8 Å². The lowest BCUT2D eigenvalue weighted by molar-refractivity contribution is 0.101. The molecule has 0 aliphatic heterocycles. The SMILES string of the molecule is Cc1ccc(Oc2cccc(NC(=O)c3cccc(C)n3)n2)cn1.Cc1cccc(C(=O)Nc2cncc(Oc3cccnc3)n2)c1. The molecule has 0 spiro atoms. The molecule has 0 radical (unpaired) electrons. The smallest absolute Gasteiger partial charge is 0.275 e. The minimum Gasteiger partial charge on any atom is -0.437 e. The minimum atomic E-state index is -0.319. The maximum atomic E-state index is 12.2. The second-order valence-corrected chi connectivity index (χ2v) is 10.1. The Kier molecular flexibility index (Phi) is 10.5. The van der Waals surface area contributed by atoms with Gasteiger partial charge in [-0.05, 0) is 75.4 Å². The van der Waals surface area contributed by atoms with Crippen LogP contribution in [-0.2, 0) is 0 Å². The molecule has 12 nitrogen and oxygen atoms in total. The van der Waals surface area contributed by atoms with E-state index in [1.807, 2.05) is 51.1 Å². The summed E-state index contributed by atoms with van der Waals surface area (Å²) in [5.74, 6) is 1.91. The molecule has 5 heterocycles. The summed E-state index contributed by atoms with van der Waals surface area (Å²) < 4.78 is 11.2. The monoisotopic (exact) mass is 626 g/mol. The zero-order valence-electron chi connectivity index (χ0n) is 25.8. The number of ether oxygens (including phenoxy) is 2. The highest BCUT2D eigenvalue weighted by Crippen LogP contribution is 2.21. The minimum absolute atomic E-state index is 0.249. The third-order valence-electron chi connectivity index (χ3n) is 6.18. The fraction of sp³-hybridized carbons (Fsp3) is 0.0857. The summed E-state index contributed by atoms with van der Waals surface area (Å²) in [4.78, 5) is 49.2. The van der Waals surface area contributed by atoms with E-state index in [4.69, 9.17) is 9.47 Å². The van der Waals surface area contributed by atoms with Gasteiger partial charge in [-0.2, -0.15) is 9.97 Å². The van der Waals surface area contributed by atoms with Crippen LogP contribution in [-0.4, -0.2) is 41.7 Å². The van der Waals surface area contributed by atoms with Crippen LogP contribution in [0.3, 0.4) is 0 Å². The largest absolute Gasteiger partial charge is 0.437 e. The molecule has 0 saturated carbocycles. The molecule has 2 amide bonds. The number of carbonyl (C=O) groups is 2. The topological polar surface area (TPSA) is 154 Å². The Balaban J connectivity index is 0.000000185. The molecule has 0 aliphatic rings. The van der Waals surface area contributed by atoms with E-state index >= 15 is 0 Å². The molecule has 6 rings (SSSR count). The normalized spacial score (nSPS) is 10.2. The average Bonchev–Trinajstić information content (AvgIpc) is 3.07. The van der Waals surface area contributed by atoms with E-state index in [1.54, 1.807) is 73.2 Å². The van der Waals surface area contributed by atoms with Crippen LogP contribution in [0.5, 0.6) is 23.3 Å². The van der Waals surface area contributed by atoms with Crippen molar-refractivity contribution in [3.8, 4) is 23.3 Å². The molecule has 6 aromatic rings. The summed E-state index contributed by atoms with van der Waals surface area (Å²) in [5, 5.41) is 5.42. The molecule has 0 bridgehead atoms. The number of rotatable bonds is 8. The number of benzene rings is 1. The van der Waals surface area contributed by atoms with Crippen LogP contribution in [0.25, 0.3) is 0 Å². The number of aryl methyl sites for hydroxylation is 3. The van der Waals surface area contributed by atoms with E-state index in [-0.39, 0.29) is 17.7 Å². The molecule has 0 aliphatic carbocycles. The molecule has 0 saturated heterocycles. The van der Waals surface area contributed by atoms with E-state index in [1.165, 1.54) is 12.4 Å². The highest BCUT2D eigenvalue weighted by Gasteiger charge is 2.10. The van der Waals surface area contributed by atoms with E-state index in [0.29, 0.717) is 40.3 Å². The molecule has 47 heavy (non-hydrogen) atoms. The molecule has 2 N–H and O–H groups in total. The predicted molar refractivity (Wildman–Crippen MR) is 176 cm³/mol. The maximum Gasteiger partial charge on any atom is 0.275 e. The zero-order chi connectivity index (χ0) is 33.0. The molecule has 0 atom stereocenters. The van der Waals surface area contributed by atoms with Crippen LogP contribution in [0.15, 0.2) is 116 Å². The number of amides is 2. The van der Waals surface area contributed by atoms with Crippen molar-refractivity contribution in [2.45, 2.75) is 20.8 Å². The van der Waals surface area contributed by atoms with Crippen molar-refractivity contribution in [3.05, 3.63) is 144 Å². The third-order valence-corrected chi connectivity index (χ3v) is 6.18. The van der Waals surface area contributed by atoms with Gasteiger partial charge in [0.15, 0.2) is 5.82 Å². The summed E-state index contributed by atoms with van der Waals surface area (Å²) >= 11 is 0. The Morgan fingerprint density at radius 1 is 0.596 bits per heavy atom. The van der Waals surface area contributed by atoms with Gasteiger partial charge in [0.25, 0.3) is 11.8 Å². The Morgan fingerprint density at radius 2 is 1.36 bits per heavy atom. The Bertz CT molecular complexity index is 1970. The van der Waals surface area contributed by atoms with E-state index in [2.05, 4.69) is 40.5 Å². The van der Waals surface area contributed by atoms with E-state index in [0.717, 1.165) is 17.0 Å². The highest BCUT2D eigenvalue weighted by atomic mass is 16.5. The summed E-state index contributed by atoms with van der Waals surface area (Å²) in [6, 6.07) is 24.9. The molecule has 0 fully saturated rings. The number of nitrogens with one attached hydrogen (secondary N) is 2. The lowest BCUT2D eigenvalue weighted by Crippen LogP contribution is -2.14. The van der Waals surface area contributed by atoms with Gasteiger partial charge in [-0.1, -0.05) is 29.8 Å². The van der Waals surface area contributed by atoms with Crippen molar-refractivity contribution in [2.75, 3.05) is 10.6 Å². The number of hydrogen-bond donors (Lipinski definition) is 2. The number of hydrogen-bond acceptors (Lipinski definition) is 10. The van der Waals surface area contributed by atoms with Crippen LogP contribution in [0, 0.1) is 20.8 Å². The molecular weight excluding hydrogens is 596 g/mol. The first-order chi connectivity index (χ1) is 22.8. The Morgan fingerprint density at radius 3 is 2.13 bits per heavy atom. The average molecular weight is 627 g/mol. The maximum absolute atomic E-state index is 12.2. The van der Waals surface area contributed by atoms with Crippen LogP contribution < -0.4 is 20.1 Å². The first-order valence-electron chi connectivity index (χ1n) is 14.4. The van der Waals surface area contributed by atoms with E-state index in [9.17, 15) is 9.59 Å². The van der Waals surface area contributed by atoms with Gasteiger partial charge in [0.1, 0.15) is 23.0 Å². The van der Waals surface area contributed by atoms with Gasteiger partial charge in [-0.3, -0.25) is 24.5 Å². The molecule has 0 unspecified atom stereocenters. The molecule has 5 aromatic heterocycles. The van der Waals surface area contributed by atoms with Gasteiger partial charge in [0, 0.05) is 29.2 Å². The predicted octanol–water partition coefficient (Wildman–Crippen LogP) is 6.76. The zero-order valence-corrected chi connectivity index (χ0v) is 25.8. The van der Waals surface area contributed by atoms with Crippen LogP contribution in [0.2, 0.25) is 0 Å². The van der Waals surface area contributed by atoms with Gasteiger partial charge in [-0.25, -0.2) is 4.98 Å². The second kappa shape index (κ2) is 15.4. The van der Waals surface area contributed by atoms with Crippen molar-refractivity contribution in [3.63, 3.8) is 0 Å². The van der Waals surface area contributed by atoms with Gasteiger partial charge in [0.05, 0.1) is 24.8 Å². The lowest BCUT2D eigenvalue weighted by Gasteiger charge is -2.08. The molecule has 234 valence electrons. The van der Waals surface area contributed by atoms with Crippen LogP contribution in [0.1, 0.15) is 37.8 Å². The fourth-order valence-electron chi connectivity index (χ4n) is 3.99. The summed E-state index contributed by atoms with van der Waals surface area (Å²) in [6.45, 7) is 5.66. The first kappa shape index (κ1) is 31.9. The summed E-state index contributed by atoms with van der Waals surface area (Å²) in [7, 11) is 0. The van der Waals surface area contributed by atoms with Crippen molar-refractivity contribution in [2.24, 2.45) is 0 Å². The molecular formula is C35H30N8O4. The van der Waals surface area contributed by atoms with Crippen LogP contribution >= 0.6 is 0 Å². The number of aromatic nitrogens is 6. The van der Waals surface area contributed by atoms with Crippen molar-refractivity contribution in [1.82, 2.24) is 29.9 Å². The van der Waals surface area contributed by atoms with E-state index < -0.39 is 0 Å². The number of nitrogens with zero attached hydrogens (tertiary/aromatic N) is 6. The summed E-state index contributed by atoms with van der Waals surface area (Å²) in [5.41, 5.74) is 3.59. The van der Waals surface area contributed by atoms with Gasteiger partial charge < -0.3 is 20.1 Å². The first-order valence-corrected chi connectivity index (χ1v) is 14.4. The Hall–Kier alpha value is -6.56. The highest BCUT2D eigenvalue weighted by molar-refractivity contribution is 6.04. The standard InChI is InChI=1S/C18H16N4O2.C17H14N4O2/c1-12-9-10-14(11-19-12)24-17-8-4-7-16(21-17)22-18(23)15-6-3-5-13(2)20-15;1-12-4-2-5-13(8-12)17(22)21-15-10-19-11-16(20-15)23-14-6-3-7-18-9-14/h3-11H,1-2H3,(H,21,22,23);2-11H,1H3,(H,20,21,22). The molecule has 12 heteroatoms. The third kappa shape index (κ3) is 9.71. The van der Waals surface area contributed by atoms with Crippen molar-refractivity contribution in [1.29, 1.82) is 0 Å². The molecule has 1 aromatic carbocycles. The number of carbonyl (C=O) groups excluding carboxylic acids is 2. The van der Waals surface area contributed by atoms with Crippen molar-refractivity contribution >= 4 is 23.5 Å². The fourth-order valence-corrected chi connectivity index (χ4v) is 3.99. The quantitative estimate of drug-likeness (QED) is 0.185. The van der Waals surface area contributed by atoms with Crippen molar-refractivity contribution < 1.29 is 19.1 Å².